The predicted octanol–water partition coefficient (Wildman–Crippen LogP) is 4.73. The van der Waals surface area contributed by atoms with Gasteiger partial charge < -0.3 is 10.4 Å². The Balaban J connectivity index is 1.96. The Hall–Kier alpha value is -2.99. The van der Waals surface area contributed by atoms with Crippen molar-refractivity contribution in [3.05, 3.63) is 75.7 Å². The second kappa shape index (κ2) is 6.38. The third kappa shape index (κ3) is 2.78. The largest absolute Gasteiger partial charge is 0.477 e. The highest BCUT2D eigenvalue weighted by molar-refractivity contribution is 7.15. The van der Waals surface area contributed by atoms with E-state index in [-0.39, 0.29) is 23.1 Å². The zero-order valence-corrected chi connectivity index (χ0v) is 14.3. The van der Waals surface area contributed by atoms with Gasteiger partial charge in [0.05, 0.1) is 5.69 Å². The van der Waals surface area contributed by atoms with Crippen molar-refractivity contribution < 1.29 is 19.1 Å². The summed E-state index contributed by atoms with van der Waals surface area (Å²) in [7, 11) is 0. The monoisotopic (exact) mass is 367 g/mol. The van der Waals surface area contributed by atoms with Crippen LogP contribution >= 0.6 is 11.3 Å². The van der Waals surface area contributed by atoms with Crippen molar-refractivity contribution >= 4 is 28.9 Å². The van der Waals surface area contributed by atoms with Gasteiger partial charge in [0.2, 0.25) is 5.91 Å². The molecular formula is C20H14FNO3S. The number of anilines is 1. The third-order valence-electron chi connectivity index (χ3n) is 4.42. The molecule has 1 amide bonds. The molecule has 0 radical (unpaired) electrons. The van der Waals surface area contributed by atoms with Crippen molar-refractivity contribution in [1.29, 1.82) is 0 Å². The number of aromatic carboxylic acids is 1. The third-order valence-corrected chi connectivity index (χ3v) is 5.71. The molecule has 1 aliphatic rings. The normalized spacial score (nSPS) is 16.0. The molecule has 0 saturated carbocycles. The number of carboxylic acid groups (broad SMARTS) is 1. The number of carbonyl (C=O) groups excluding carboxylic acids is 1. The molecule has 0 unspecified atom stereocenters. The maximum Gasteiger partial charge on any atom is 0.346 e. The molecule has 4 rings (SSSR count). The number of halogens is 1. The number of amides is 1. The van der Waals surface area contributed by atoms with E-state index in [0.717, 1.165) is 21.8 Å². The Morgan fingerprint density at radius 2 is 1.92 bits per heavy atom. The van der Waals surface area contributed by atoms with Crippen LogP contribution < -0.4 is 5.32 Å². The highest BCUT2D eigenvalue weighted by Crippen LogP contribution is 2.49. The number of hydrogen-bond acceptors (Lipinski definition) is 3. The van der Waals surface area contributed by atoms with Gasteiger partial charge in [0.15, 0.2) is 0 Å². The van der Waals surface area contributed by atoms with Crippen LogP contribution in [0.4, 0.5) is 10.1 Å². The maximum atomic E-state index is 13.7. The van der Waals surface area contributed by atoms with Crippen molar-refractivity contribution in [2.24, 2.45) is 0 Å². The van der Waals surface area contributed by atoms with E-state index in [2.05, 4.69) is 5.32 Å². The minimum Gasteiger partial charge on any atom is -0.477 e. The molecule has 0 fully saturated rings. The quantitative estimate of drug-likeness (QED) is 0.703. The first-order valence-electron chi connectivity index (χ1n) is 8.05. The van der Waals surface area contributed by atoms with Crippen LogP contribution in [0, 0.1) is 5.82 Å². The number of carboxylic acids is 1. The first kappa shape index (κ1) is 16.5. The molecule has 26 heavy (non-hydrogen) atoms. The van der Waals surface area contributed by atoms with E-state index >= 15 is 0 Å². The van der Waals surface area contributed by atoms with Crippen LogP contribution in [0.2, 0.25) is 0 Å². The highest BCUT2D eigenvalue weighted by Gasteiger charge is 2.34. The first-order valence-corrected chi connectivity index (χ1v) is 8.87. The molecule has 0 spiro atoms. The molecule has 130 valence electrons. The minimum atomic E-state index is -1.09. The average molecular weight is 367 g/mol. The van der Waals surface area contributed by atoms with Crippen LogP contribution in [0.5, 0.6) is 0 Å². The SMILES string of the molecule is O=C1C[C@H](c2ccccc2)c2sc(C(=O)O)c(-c3cccc(F)c3)c2N1. The molecule has 0 saturated heterocycles. The van der Waals surface area contributed by atoms with E-state index in [1.54, 1.807) is 6.07 Å². The topological polar surface area (TPSA) is 66.4 Å². The minimum absolute atomic E-state index is 0.101. The van der Waals surface area contributed by atoms with E-state index in [0.29, 0.717) is 16.8 Å². The van der Waals surface area contributed by atoms with Crippen molar-refractivity contribution in [2.45, 2.75) is 12.3 Å². The summed E-state index contributed by atoms with van der Waals surface area (Å²) in [5.74, 6) is -1.95. The summed E-state index contributed by atoms with van der Waals surface area (Å²) in [4.78, 5) is 25.0. The lowest BCUT2D eigenvalue weighted by molar-refractivity contribution is -0.116. The van der Waals surface area contributed by atoms with E-state index in [1.165, 1.54) is 18.2 Å². The fraction of sp³-hybridized carbons (Fsp3) is 0.100. The first-order chi connectivity index (χ1) is 12.5. The average Bonchev–Trinajstić information content (AvgIpc) is 3.01. The van der Waals surface area contributed by atoms with Gasteiger partial charge in [0.1, 0.15) is 10.7 Å². The molecule has 1 aromatic heterocycles. The second-order valence-electron chi connectivity index (χ2n) is 6.08. The van der Waals surface area contributed by atoms with Gasteiger partial charge in [-0.25, -0.2) is 9.18 Å². The van der Waals surface area contributed by atoms with Crippen LogP contribution in [-0.4, -0.2) is 17.0 Å². The Bertz CT molecular complexity index is 1010. The van der Waals surface area contributed by atoms with Crippen LogP contribution in [0.1, 0.15) is 32.5 Å². The van der Waals surface area contributed by atoms with Crippen molar-refractivity contribution in [3.8, 4) is 11.1 Å². The summed E-state index contributed by atoms with van der Waals surface area (Å²) >= 11 is 1.14. The Kier molecular flexibility index (Phi) is 4.05. The smallest absolute Gasteiger partial charge is 0.346 e. The fourth-order valence-electron chi connectivity index (χ4n) is 3.31. The summed E-state index contributed by atoms with van der Waals surface area (Å²) in [5, 5.41) is 12.5. The van der Waals surface area contributed by atoms with Gasteiger partial charge in [0.25, 0.3) is 0 Å². The van der Waals surface area contributed by atoms with Crippen LogP contribution in [0.25, 0.3) is 11.1 Å². The van der Waals surface area contributed by atoms with E-state index < -0.39 is 11.8 Å². The lowest BCUT2D eigenvalue weighted by Gasteiger charge is -2.23. The summed E-state index contributed by atoms with van der Waals surface area (Å²) < 4.78 is 13.7. The molecule has 2 N–H and O–H groups in total. The van der Waals surface area contributed by atoms with Crippen LogP contribution in [-0.2, 0) is 4.79 Å². The van der Waals surface area contributed by atoms with Crippen molar-refractivity contribution in [1.82, 2.24) is 0 Å². The predicted molar refractivity (Wildman–Crippen MR) is 98.2 cm³/mol. The van der Waals surface area contributed by atoms with Gasteiger partial charge in [0, 0.05) is 22.8 Å². The van der Waals surface area contributed by atoms with Crippen molar-refractivity contribution in [3.63, 3.8) is 0 Å². The number of carbonyl (C=O) groups is 2. The molecule has 1 aliphatic heterocycles. The standard InChI is InChI=1S/C20H14FNO3S/c21-13-8-4-7-12(9-13)16-17-18(26-19(16)20(24)25)14(10-15(23)22-17)11-5-2-1-3-6-11/h1-9,14H,10H2,(H,22,23)(H,24,25)/t14-/m1/s1. The lowest BCUT2D eigenvalue weighted by Crippen LogP contribution is -2.22. The van der Waals surface area contributed by atoms with E-state index in [9.17, 15) is 19.1 Å². The zero-order chi connectivity index (χ0) is 18.3. The maximum absolute atomic E-state index is 13.7. The lowest BCUT2D eigenvalue weighted by atomic mass is 9.89. The van der Waals surface area contributed by atoms with Gasteiger partial charge in [-0.1, -0.05) is 42.5 Å². The number of rotatable bonds is 3. The van der Waals surface area contributed by atoms with Crippen LogP contribution in [0.15, 0.2) is 54.6 Å². The number of thiophene rings is 1. The Morgan fingerprint density at radius 1 is 1.15 bits per heavy atom. The van der Waals surface area contributed by atoms with Crippen molar-refractivity contribution in [2.75, 3.05) is 5.32 Å². The molecular weight excluding hydrogens is 353 g/mol. The van der Waals surface area contributed by atoms with Gasteiger partial charge in [-0.2, -0.15) is 0 Å². The summed E-state index contributed by atoms with van der Waals surface area (Å²) in [5.41, 5.74) is 2.23. The van der Waals surface area contributed by atoms with E-state index in [1.807, 2.05) is 30.3 Å². The summed E-state index contributed by atoms with van der Waals surface area (Å²) in [6.07, 6.45) is 0.249. The molecule has 6 heteroatoms. The summed E-state index contributed by atoms with van der Waals surface area (Å²) in [6, 6.07) is 15.3. The number of hydrogen-bond donors (Lipinski definition) is 2. The van der Waals surface area contributed by atoms with Gasteiger partial charge in [-0.15, -0.1) is 11.3 Å². The Labute approximate surface area is 152 Å². The molecule has 2 aromatic carbocycles. The zero-order valence-electron chi connectivity index (χ0n) is 13.5. The van der Waals surface area contributed by atoms with Crippen LogP contribution in [0.3, 0.4) is 0 Å². The molecule has 0 aliphatic carbocycles. The Morgan fingerprint density at radius 3 is 2.62 bits per heavy atom. The molecule has 4 nitrogen and oxygen atoms in total. The molecule has 3 aromatic rings. The number of fused-ring (bicyclic) bond motifs is 1. The second-order valence-corrected chi connectivity index (χ2v) is 7.13. The molecule has 1 atom stereocenters. The van der Waals surface area contributed by atoms with E-state index in [4.69, 9.17) is 0 Å². The molecule has 2 heterocycles. The fourth-order valence-corrected chi connectivity index (χ4v) is 4.56. The number of nitrogens with one attached hydrogen (secondary N) is 1. The highest BCUT2D eigenvalue weighted by atomic mass is 32.1. The number of benzene rings is 2. The van der Waals surface area contributed by atoms with Gasteiger partial charge in [-0.3, -0.25) is 4.79 Å². The van der Waals surface area contributed by atoms with Gasteiger partial charge in [-0.05, 0) is 23.3 Å². The summed E-state index contributed by atoms with van der Waals surface area (Å²) in [6.45, 7) is 0. The molecule has 0 bridgehead atoms. The van der Waals surface area contributed by atoms with Gasteiger partial charge >= 0.3 is 5.97 Å².